The first-order valence-electron chi connectivity index (χ1n) is 15.4. The molecule has 212 valence electrons. The lowest BCUT2D eigenvalue weighted by atomic mass is 10.1. The van der Waals surface area contributed by atoms with Crippen LogP contribution in [0.3, 0.4) is 0 Å². The molecule has 0 heterocycles. The Morgan fingerprint density at radius 1 is 0.436 bits per heavy atom. The fourth-order valence-electron chi connectivity index (χ4n) is 5.05. The van der Waals surface area contributed by atoms with Gasteiger partial charge in [0.2, 0.25) is 0 Å². The number of hydrogen-bond donors (Lipinski definition) is 1. The molecular weight excluding hydrogens is 480 g/mol. The van der Waals surface area contributed by atoms with Crippen LogP contribution in [-0.4, -0.2) is 18.3 Å². The minimum absolute atomic E-state index is 0.310. The molecule has 0 saturated carbocycles. The summed E-state index contributed by atoms with van der Waals surface area (Å²) in [6.07, 6.45) is 17.2. The Morgan fingerprint density at radius 3 is 1.44 bits per heavy atom. The second-order valence-corrected chi connectivity index (χ2v) is 10.7. The van der Waals surface area contributed by atoms with Gasteiger partial charge in [0.15, 0.2) is 0 Å². The monoisotopic (exact) mass is 530 g/mol. The molecule has 0 atom stereocenters. The average Bonchev–Trinajstić information content (AvgIpc) is 2.97. The number of hydrogen-bond acceptors (Lipinski definition) is 3. The second kappa shape index (κ2) is 20.3. The molecule has 0 radical (unpaired) electrons. The van der Waals surface area contributed by atoms with Crippen LogP contribution in [0, 0.1) is 0 Å². The molecule has 0 amide bonds. The number of unbranched alkanes of at least 4 members (excludes halogenated alkanes) is 10. The normalized spacial score (nSPS) is 11.2. The van der Waals surface area contributed by atoms with Gasteiger partial charge < -0.3 is 14.6 Å². The zero-order valence-electron chi connectivity index (χ0n) is 24.0. The van der Waals surface area contributed by atoms with Crippen molar-refractivity contribution in [2.24, 2.45) is 0 Å². The molecular formula is C36H50O3. The van der Waals surface area contributed by atoms with Crippen molar-refractivity contribution in [3.63, 3.8) is 0 Å². The molecule has 3 aromatic carbocycles. The lowest BCUT2D eigenvalue weighted by Gasteiger charge is -2.13. The van der Waals surface area contributed by atoms with Crippen LogP contribution in [0.5, 0.6) is 5.75 Å². The van der Waals surface area contributed by atoms with Crippen LogP contribution >= 0.6 is 0 Å². The van der Waals surface area contributed by atoms with E-state index in [1.807, 2.05) is 12.1 Å². The van der Waals surface area contributed by atoms with E-state index in [2.05, 4.69) is 60.7 Å². The SMILES string of the molecule is Oc1cccc(COCCCCCCCCc2ccccc2)c1COCCCCCCCCc1ccccc1. The Kier molecular flexibility index (Phi) is 16.1. The Labute approximate surface area is 237 Å². The van der Waals surface area contributed by atoms with Crippen LogP contribution in [0.25, 0.3) is 0 Å². The molecule has 0 aliphatic rings. The maximum atomic E-state index is 10.4. The fourth-order valence-corrected chi connectivity index (χ4v) is 5.05. The Hall–Kier alpha value is -2.62. The zero-order valence-corrected chi connectivity index (χ0v) is 24.0. The summed E-state index contributed by atoms with van der Waals surface area (Å²) < 4.78 is 11.9. The van der Waals surface area contributed by atoms with Gasteiger partial charge in [-0.2, -0.15) is 0 Å². The van der Waals surface area contributed by atoms with Crippen LogP contribution in [0.4, 0.5) is 0 Å². The van der Waals surface area contributed by atoms with Crippen LogP contribution in [-0.2, 0) is 35.5 Å². The van der Waals surface area contributed by atoms with Crippen molar-refractivity contribution in [3.05, 3.63) is 101 Å². The van der Waals surface area contributed by atoms with E-state index in [1.54, 1.807) is 6.07 Å². The van der Waals surface area contributed by atoms with Crippen molar-refractivity contribution in [1.82, 2.24) is 0 Å². The second-order valence-electron chi connectivity index (χ2n) is 10.7. The number of rotatable bonds is 22. The summed E-state index contributed by atoms with van der Waals surface area (Å²) in [5.74, 6) is 0.310. The van der Waals surface area contributed by atoms with E-state index in [1.165, 1.54) is 88.2 Å². The highest BCUT2D eigenvalue weighted by Gasteiger charge is 2.08. The van der Waals surface area contributed by atoms with E-state index in [4.69, 9.17) is 9.47 Å². The number of aromatic hydroxyl groups is 1. The molecule has 0 spiro atoms. The lowest BCUT2D eigenvalue weighted by molar-refractivity contribution is 0.102. The first kappa shape index (κ1) is 30.9. The van der Waals surface area contributed by atoms with Gasteiger partial charge in [-0.25, -0.2) is 0 Å². The minimum atomic E-state index is 0.310. The van der Waals surface area contributed by atoms with E-state index < -0.39 is 0 Å². The summed E-state index contributed by atoms with van der Waals surface area (Å²) in [6.45, 7) is 2.49. The maximum Gasteiger partial charge on any atom is 0.121 e. The molecule has 0 unspecified atom stereocenters. The van der Waals surface area contributed by atoms with Gasteiger partial charge in [-0.15, -0.1) is 0 Å². The van der Waals surface area contributed by atoms with E-state index in [0.717, 1.165) is 37.2 Å². The molecule has 0 aliphatic heterocycles. The van der Waals surface area contributed by atoms with Crippen LogP contribution in [0.2, 0.25) is 0 Å². The zero-order chi connectivity index (χ0) is 27.2. The fraction of sp³-hybridized carbons (Fsp3) is 0.500. The van der Waals surface area contributed by atoms with Crippen molar-refractivity contribution >= 4 is 0 Å². The smallest absolute Gasteiger partial charge is 0.121 e. The third-order valence-electron chi connectivity index (χ3n) is 7.45. The molecule has 39 heavy (non-hydrogen) atoms. The van der Waals surface area contributed by atoms with Crippen LogP contribution in [0.1, 0.15) is 99.3 Å². The van der Waals surface area contributed by atoms with E-state index in [9.17, 15) is 5.11 Å². The molecule has 3 aromatic rings. The van der Waals surface area contributed by atoms with Gasteiger partial charge in [-0.3, -0.25) is 0 Å². The maximum absolute atomic E-state index is 10.4. The Bertz CT molecular complexity index is 987. The highest BCUT2D eigenvalue weighted by Crippen LogP contribution is 2.23. The molecule has 1 N–H and O–H groups in total. The van der Waals surface area contributed by atoms with Gasteiger partial charge >= 0.3 is 0 Å². The van der Waals surface area contributed by atoms with Gasteiger partial charge in [0, 0.05) is 18.8 Å². The van der Waals surface area contributed by atoms with Gasteiger partial charge in [0.25, 0.3) is 0 Å². The average molecular weight is 531 g/mol. The third-order valence-corrected chi connectivity index (χ3v) is 7.45. The van der Waals surface area contributed by atoms with Gasteiger partial charge in [0.1, 0.15) is 5.75 Å². The number of phenols is 1. The summed E-state index contributed by atoms with van der Waals surface area (Å²) in [6, 6.07) is 27.2. The Morgan fingerprint density at radius 2 is 0.897 bits per heavy atom. The van der Waals surface area contributed by atoms with Crippen molar-refractivity contribution < 1.29 is 14.6 Å². The highest BCUT2D eigenvalue weighted by molar-refractivity contribution is 5.38. The standard InChI is InChI=1S/C36H50O3/c37-36-27-19-26-34(30-38-28-17-7-3-1-5-11-20-32-22-13-9-14-23-32)35(36)31-39-29-18-8-4-2-6-12-21-33-24-15-10-16-25-33/h9-10,13-16,19,22-27,37H,1-8,11-12,17-18,20-21,28-31H2. The number of benzene rings is 3. The number of phenolic OH excluding ortho intramolecular Hbond substituents is 1. The Balaban J connectivity index is 1.16. The van der Waals surface area contributed by atoms with E-state index in [0.29, 0.717) is 19.0 Å². The predicted octanol–water partition coefficient (Wildman–Crippen LogP) is 9.59. The summed E-state index contributed by atoms with van der Waals surface area (Å²) in [5, 5.41) is 10.4. The van der Waals surface area contributed by atoms with Gasteiger partial charge in [-0.05, 0) is 61.3 Å². The summed E-state index contributed by atoms with van der Waals surface area (Å²) in [4.78, 5) is 0. The van der Waals surface area contributed by atoms with Gasteiger partial charge in [-0.1, -0.05) is 124 Å². The molecule has 0 aromatic heterocycles. The summed E-state index contributed by atoms with van der Waals surface area (Å²) in [7, 11) is 0. The van der Waals surface area contributed by atoms with Gasteiger partial charge in [0.05, 0.1) is 13.2 Å². The predicted molar refractivity (Wildman–Crippen MR) is 163 cm³/mol. The molecule has 3 rings (SSSR count). The first-order chi connectivity index (χ1) is 19.3. The topological polar surface area (TPSA) is 38.7 Å². The molecule has 0 bridgehead atoms. The quantitative estimate of drug-likeness (QED) is 0.131. The number of aryl methyl sites for hydroxylation is 2. The van der Waals surface area contributed by atoms with Crippen LogP contribution in [0.15, 0.2) is 78.9 Å². The molecule has 0 fully saturated rings. The van der Waals surface area contributed by atoms with Crippen molar-refractivity contribution in [2.75, 3.05) is 13.2 Å². The lowest BCUT2D eigenvalue weighted by Crippen LogP contribution is -2.03. The summed E-state index contributed by atoms with van der Waals surface area (Å²) in [5.41, 5.74) is 4.80. The molecule has 0 saturated heterocycles. The molecule has 3 nitrogen and oxygen atoms in total. The first-order valence-corrected chi connectivity index (χ1v) is 15.4. The summed E-state index contributed by atoms with van der Waals surface area (Å²) >= 11 is 0. The van der Waals surface area contributed by atoms with Crippen molar-refractivity contribution in [3.8, 4) is 5.75 Å². The van der Waals surface area contributed by atoms with E-state index in [-0.39, 0.29) is 0 Å². The van der Waals surface area contributed by atoms with E-state index >= 15 is 0 Å². The number of ether oxygens (including phenoxy) is 2. The van der Waals surface area contributed by atoms with Crippen molar-refractivity contribution in [1.29, 1.82) is 0 Å². The molecule has 0 aliphatic carbocycles. The third kappa shape index (κ3) is 13.8. The van der Waals surface area contributed by atoms with Crippen molar-refractivity contribution in [2.45, 2.75) is 103 Å². The molecule has 3 heteroatoms. The minimum Gasteiger partial charge on any atom is -0.508 e. The highest BCUT2D eigenvalue weighted by atomic mass is 16.5. The largest absolute Gasteiger partial charge is 0.508 e. The van der Waals surface area contributed by atoms with Crippen LogP contribution < -0.4 is 0 Å².